The number of nitrogens with zero attached hydrogens (tertiary/aromatic N) is 2. The molecular weight excluding hydrogens is 460 g/mol. The molecule has 0 saturated carbocycles. The number of amides is 4. The molecule has 0 aromatic heterocycles. The highest BCUT2D eigenvalue weighted by Crippen LogP contribution is 2.31. The Morgan fingerprint density at radius 2 is 1.69 bits per heavy atom. The summed E-state index contributed by atoms with van der Waals surface area (Å²) in [5, 5.41) is 2.82. The number of nitrogens with one attached hydrogen (secondary N) is 1. The Bertz CT molecular complexity index is 1360. The molecule has 1 fully saturated rings. The zero-order chi connectivity index (χ0) is 25.2. The van der Waals surface area contributed by atoms with E-state index in [4.69, 9.17) is 10.5 Å². The fourth-order valence-electron chi connectivity index (χ4n) is 4.55. The number of carbonyl (C=O) groups excluding carboxylic acids is 4. The first-order chi connectivity index (χ1) is 17.4. The lowest BCUT2D eigenvalue weighted by Crippen LogP contribution is -2.60. The van der Waals surface area contributed by atoms with Crippen molar-refractivity contribution in [1.29, 1.82) is 0 Å². The van der Waals surface area contributed by atoms with Gasteiger partial charge < -0.3 is 25.6 Å². The summed E-state index contributed by atoms with van der Waals surface area (Å²) in [5.74, 6) is -0.938. The monoisotopic (exact) mass is 484 g/mol. The number of fused-ring (bicyclic) bond motifs is 2. The molecule has 5 rings (SSSR count). The molecule has 2 aliphatic heterocycles. The standard InChI is InChI=1S/C27H24N4O5/c28-25(33)20-9-5-4-8-19(20)17-10-11-22-21(14-17)27(35)31-13-12-30(15-23(31)26(34)29-22)24(32)16-36-18-6-2-1-3-7-18/h1-11,14,23H,12-13,15-16H2,(H2,28,33)(H,29,34). The highest BCUT2D eigenvalue weighted by atomic mass is 16.5. The molecule has 4 amide bonds. The molecule has 0 spiro atoms. The Labute approximate surface area is 207 Å². The summed E-state index contributed by atoms with van der Waals surface area (Å²) in [6.07, 6.45) is 0. The third kappa shape index (κ3) is 4.38. The average Bonchev–Trinajstić information content (AvgIpc) is 3.01. The van der Waals surface area contributed by atoms with Gasteiger partial charge in [-0.1, -0.05) is 42.5 Å². The van der Waals surface area contributed by atoms with Crippen LogP contribution in [0.1, 0.15) is 20.7 Å². The molecule has 9 nitrogen and oxygen atoms in total. The van der Waals surface area contributed by atoms with Crippen molar-refractivity contribution in [2.45, 2.75) is 6.04 Å². The van der Waals surface area contributed by atoms with Crippen LogP contribution >= 0.6 is 0 Å². The molecule has 2 aliphatic rings. The highest BCUT2D eigenvalue weighted by Gasteiger charge is 2.40. The maximum atomic E-state index is 13.5. The smallest absolute Gasteiger partial charge is 0.260 e. The van der Waals surface area contributed by atoms with Crippen LogP contribution in [0, 0.1) is 0 Å². The number of piperazine rings is 1. The van der Waals surface area contributed by atoms with Crippen LogP contribution in [0.4, 0.5) is 5.69 Å². The molecule has 3 aromatic rings. The van der Waals surface area contributed by atoms with Crippen LogP contribution in [-0.2, 0) is 9.59 Å². The number of benzene rings is 3. The van der Waals surface area contributed by atoms with E-state index in [0.717, 1.165) is 0 Å². The Balaban J connectivity index is 1.36. The van der Waals surface area contributed by atoms with Crippen LogP contribution < -0.4 is 15.8 Å². The molecule has 182 valence electrons. The van der Waals surface area contributed by atoms with E-state index in [-0.39, 0.29) is 44.0 Å². The van der Waals surface area contributed by atoms with Crippen molar-refractivity contribution in [2.75, 3.05) is 31.6 Å². The molecule has 0 radical (unpaired) electrons. The first kappa shape index (κ1) is 23.1. The van der Waals surface area contributed by atoms with Crippen molar-refractivity contribution >= 4 is 29.3 Å². The lowest BCUT2D eigenvalue weighted by molar-refractivity contribution is -0.137. The number of carbonyl (C=O) groups is 4. The van der Waals surface area contributed by atoms with E-state index in [0.29, 0.717) is 33.7 Å². The Kier molecular flexibility index (Phi) is 6.12. The van der Waals surface area contributed by atoms with Gasteiger partial charge in [0.2, 0.25) is 11.8 Å². The molecule has 1 atom stereocenters. The Hall–Kier alpha value is -4.66. The highest BCUT2D eigenvalue weighted by molar-refractivity contribution is 6.11. The fourth-order valence-corrected chi connectivity index (χ4v) is 4.55. The minimum Gasteiger partial charge on any atom is -0.484 e. The second-order valence-electron chi connectivity index (χ2n) is 8.62. The zero-order valence-corrected chi connectivity index (χ0v) is 19.3. The van der Waals surface area contributed by atoms with Crippen molar-refractivity contribution in [2.24, 2.45) is 5.73 Å². The third-order valence-electron chi connectivity index (χ3n) is 6.41. The molecule has 9 heteroatoms. The summed E-state index contributed by atoms with van der Waals surface area (Å²) in [7, 11) is 0. The van der Waals surface area contributed by atoms with E-state index in [2.05, 4.69) is 5.32 Å². The van der Waals surface area contributed by atoms with E-state index < -0.39 is 11.9 Å². The number of para-hydroxylation sites is 1. The van der Waals surface area contributed by atoms with E-state index in [1.165, 1.54) is 4.90 Å². The first-order valence-corrected chi connectivity index (χ1v) is 11.5. The normalized spacial score (nSPS) is 16.9. The largest absolute Gasteiger partial charge is 0.484 e. The molecule has 36 heavy (non-hydrogen) atoms. The maximum Gasteiger partial charge on any atom is 0.260 e. The van der Waals surface area contributed by atoms with Gasteiger partial charge in [-0.15, -0.1) is 0 Å². The first-order valence-electron chi connectivity index (χ1n) is 11.5. The summed E-state index contributed by atoms with van der Waals surface area (Å²) in [5.41, 5.74) is 7.79. The number of hydrogen-bond donors (Lipinski definition) is 2. The zero-order valence-electron chi connectivity index (χ0n) is 19.3. The second-order valence-corrected chi connectivity index (χ2v) is 8.62. The van der Waals surface area contributed by atoms with E-state index in [1.54, 1.807) is 59.5 Å². The molecule has 0 bridgehead atoms. The van der Waals surface area contributed by atoms with E-state index in [9.17, 15) is 19.2 Å². The van der Waals surface area contributed by atoms with Crippen LogP contribution in [0.25, 0.3) is 11.1 Å². The number of primary amides is 1. The number of ether oxygens (including phenoxy) is 1. The number of anilines is 1. The van der Waals surface area contributed by atoms with Gasteiger partial charge in [0.25, 0.3) is 11.8 Å². The van der Waals surface area contributed by atoms with Gasteiger partial charge in [-0.25, -0.2) is 0 Å². The molecule has 1 saturated heterocycles. The van der Waals surface area contributed by atoms with Crippen molar-refractivity contribution in [3.63, 3.8) is 0 Å². The van der Waals surface area contributed by atoms with E-state index in [1.807, 2.05) is 18.2 Å². The van der Waals surface area contributed by atoms with Crippen LogP contribution in [0.2, 0.25) is 0 Å². The van der Waals surface area contributed by atoms with Crippen molar-refractivity contribution < 1.29 is 23.9 Å². The van der Waals surface area contributed by atoms with E-state index >= 15 is 0 Å². The van der Waals surface area contributed by atoms with Gasteiger partial charge >= 0.3 is 0 Å². The Morgan fingerprint density at radius 1 is 0.944 bits per heavy atom. The summed E-state index contributed by atoms with van der Waals surface area (Å²) in [4.78, 5) is 54.3. The van der Waals surface area contributed by atoms with Gasteiger partial charge in [0.05, 0.1) is 17.8 Å². The summed E-state index contributed by atoms with van der Waals surface area (Å²) in [6, 6.07) is 20.1. The quantitative estimate of drug-likeness (QED) is 0.575. The molecule has 2 heterocycles. The lowest BCUT2D eigenvalue weighted by atomic mass is 9.96. The van der Waals surface area contributed by atoms with Crippen molar-refractivity contribution in [1.82, 2.24) is 9.80 Å². The predicted molar refractivity (Wildman–Crippen MR) is 132 cm³/mol. The summed E-state index contributed by atoms with van der Waals surface area (Å²) in [6.45, 7) is 0.399. The average molecular weight is 485 g/mol. The van der Waals surface area contributed by atoms with Crippen LogP contribution in [0.5, 0.6) is 5.75 Å². The topological polar surface area (TPSA) is 122 Å². The van der Waals surface area contributed by atoms with Gasteiger partial charge in [-0.2, -0.15) is 0 Å². The maximum absolute atomic E-state index is 13.5. The minimum atomic E-state index is -0.833. The second kappa shape index (κ2) is 9.53. The molecule has 3 N–H and O–H groups in total. The van der Waals surface area contributed by atoms with Gasteiger partial charge in [0.1, 0.15) is 11.8 Å². The van der Waals surface area contributed by atoms with Crippen molar-refractivity contribution in [3.05, 3.63) is 83.9 Å². The predicted octanol–water partition coefficient (Wildman–Crippen LogP) is 2.14. The van der Waals surface area contributed by atoms with Gasteiger partial charge in [-0.05, 0) is 41.5 Å². The summed E-state index contributed by atoms with van der Waals surface area (Å²) < 4.78 is 5.56. The van der Waals surface area contributed by atoms with Gasteiger partial charge in [0.15, 0.2) is 6.61 Å². The van der Waals surface area contributed by atoms with Gasteiger partial charge in [-0.3, -0.25) is 19.2 Å². The molecule has 3 aromatic carbocycles. The number of nitrogens with two attached hydrogens (primary N) is 1. The van der Waals surface area contributed by atoms with Crippen molar-refractivity contribution in [3.8, 4) is 16.9 Å². The molecule has 1 unspecified atom stereocenters. The number of rotatable bonds is 5. The summed E-state index contributed by atoms with van der Waals surface area (Å²) >= 11 is 0. The molecular formula is C27H24N4O5. The number of hydrogen-bond acceptors (Lipinski definition) is 5. The SMILES string of the molecule is NC(=O)c1ccccc1-c1ccc2c(c1)C(=O)N1CCN(C(=O)COc3ccccc3)CC1C(=O)N2. The lowest BCUT2D eigenvalue weighted by Gasteiger charge is -2.39. The van der Waals surface area contributed by atoms with Crippen LogP contribution in [0.15, 0.2) is 72.8 Å². The molecule has 0 aliphatic carbocycles. The van der Waals surface area contributed by atoms with Crippen LogP contribution in [-0.4, -0.2) is 65.7 Å². The Morgan fingerprint density at radius 3 is 2.47 bits per heavy atom. The van der Waals surface area contributed by atoms with Gasteiger partial charge in [0, 0.05) is 18.7 Å². The van der Waals surface area contributed by atoms with Crippen LogP contribution in [0.3, 0.4) is 0 Å². The minimum absolute atomic E-state index is 0.0694. The third-order valence-corrected chi connectivity index (χ3v) is 6.41. The fraction of sp³-hybridized carbons (Fsp3) is 0.185.